The Morgan fingerprint density at radius 3 is 2.00 bits per heavy atom. The van der Waals surface area contributed by atoms with Gasteiger partial charge in [-0.15, -0.1) is 0 Å². The molecule has 0 atom stereocenters. The molecule has 1 fully saturated rings. The monoisotopic (exact) mass is 251 g/mol. The van der Waals surface area contributed by atoms with E-state index in [1.807, 2.05) is 12.1 Å². The fraction of sp³-hybridized carbons (Fsp3) is 0.571. The van der Waals surface area contributed by atoms with Gasteiger partial charge >= 0.3 is 0 Å². The van der Waals surface area contributed by atoms with Crippen molar-refractivity contribution in [2.45, 2.75) is 24.9 Å². The SMILES string of the molecule is COCc1cc(OC)c(C2(CN)CC2)c(OC)c1. The van der Waals surface area contributed by atoms with Crippen LogP contribution in [0.2, 0.25) is 0 Å². The molecule has 4 heteroatoms. The largest absolute Gasteiger partial charge is 0.496 e. The third-order valence-corrected chi connectivity index (χ3v) is 3.65. The van der Waals surface area contributed by atoms with Crippen LogP contribution in [0.1, 0.15) is 24.0 Å². The first kappa shape index (κ1) is 13.2. The Bertz CT molecular complexity index is 402. The second-order valence-electron chi connectivity index (χ2n) is 4.79. The van der Waals surface area contributed by atoms with Crippen LogP contribution < -0.4 is 15.2 Å². The highest BCUT2D eigenvalue weighted by molar-refractivity contribution is 5.55. The van der Waals surface area contributed by atoms with E-state index in [1.54, 1.807) is 21.3 Å². The molecule has 0 unspecified atom stereocenters. The summed E-state index contributed by atoms with van der Waals surface area (Å²) in [4.78, 5) is 0. The molecule has 2 N–H and O–H groups in total. The number of hydrogen-bond acceptors (Lipinski definition) is 4. The highest BCUT2D eigenvalue weighted by Gasteiger charge is 2.47. The summed E-state index contributed by atoms with van der Waals surface area (Å²) in [7, 11) is 5.04. The Morgan fingerprint density at radius 2 is 1.67 bits per heavy atom. The third-order valence-electron chi connectivity index (χ3n) is 3.65. The molecule has 0 heterocycles. The molecule has 1 aromatic carbocycles. The third kappa shape index (κ3) is 2.18. The summed E-state index contributed by atoms with van der Waals surface area (Å²) >= 11 is 0. The Balaban J connectivity index is 2.49. The second-order valence-corrected chi connectivity index (χ2v) is 4.79. The minimum absolute atomic E-state index is 0.0439. The average Bonchev–Trinajstić information content (AvgIpc) is 3.18. The van der Waals surface area contributed by atoms with Crippen LogP contribution in [0.25, 0.3) is 0 Å². The first-order valence-corrected chi connectivity index (χ1v) is 6.15. The van der Waals surface area contributed by atoms with Crippen molar-refractivity contribution in [1.82, 2.24) is 0 Å². The molecule has 0 aliphatic heterocycles. The molecule has 0 radical (unpaired) electrons. The van der Waals surface area contributed by atoms with Gasteiger partial charge in [-0.05, 0) is 30.5 Å². The lowest BCUT2D eigenvalue weighted by Gasteiger charge is -2.21. The van der Waals surface area contributed by atoms with Gasteiger partial charge in [0.15, 0.2) is 0 Å². The summed E-state index contributed by atoms with van der Waals surface area (Å²) in [6, 6.07) is 4.02. The Kier molecular flexibility index (Phi) is 3.78. The number of methoxy groups -OCH3 is 3. The quantitative estimate of drug-likeness (QED) is 0.838. The molecule has 1 aromatic rings. The van der Waals surface area contributed by atoms with E-state index in [9.17, 15) is 0 Å². The van der Waals surface area contributed by atoms with Crippen molar-refractivity contribution in [2.24, 2.45) is 5.73 Å². The molecule has 0 spiro atoms. The molecule has 1 saturated carbocycles. The standard InChI is InChI=1S/C14H21NO3/c1-16-8-10-6-11(17-2)13(12(7-10)18-3)14(9-15)4-5-14/h6-7H,4-5,8-9,15H2,1-3H3. The maximum absolute atomic E-state index is 5.91. The smallest absolute Gasteiger partial charge is 0.126 e. The van der Waals surface area contributed by atoms with Crippen LogP contribution in [-0.2, 0) is 16.8 Å². The molecule has 100 valence electrons. The van der Waals surface area contributed by atoms with Crippen molar-refractivity contribution in [3.8, 4) is 11.5 Å². The molecule has 0 saturated heterocycles. The Hall–Kier alpha value is -1.26. The van der Waals surface area contributed by atoms with Crippen LogP contribution >= 0.6 is 0 Å². The van der Waals surface area contributed by atoms with Gasteiger partial charge in [0.25, 0.3) is 0 Å². The van der Waals surface area contributed by atoms with E-state index in [1.165, 1.54) is 0 Å². The van der Waals surface area contributed by atoms with Gasteiger partial charge in [0, 0.05) is 24.6 Å². The van der Waals surface area contributed by atoms with Crippen LogP contribution in [-0.4, -0.2) is 27.9 Å². The molecule has 0 amide bonds. The average molecular weight is 251 g/mol. The molecule has 1 aliphatic carbocycles. The highest BCUT2D eigenvalue weighted by Crippen LogP contribution is 2.54. The summed E-state index contributed by atoms with van der Waals surface area (Å²) in [5.41, 5.74) is 8.10. The van der Waals surface area contributed by atoms with Crippen molar-refractivity contribution >= 4 is 0 Å². The molecule has 4 nitrogen and oxygen atoms in total. The summed E-state index contributed by atoms with van der Waals surface area (Å²) in [5, 5.41) is 0. The maximum Gasteiger partial charge on any atom is 0.126 e. The second kappa shape index (κ2) is 5.16. The fourth-order valence-electron chi connectivity index (χ4n) is 2.45. The fourth-order valence-corrected chi connectivity index (χ4v) is 2.45. The lowest BCUT2D eigenvalue weighted by molar-refractivity contribution is 0.184. The molecule has 0 bridgehead atoms. The van der Waals surface area contributed by atoms with Crippen LogP contribution in [0.5, 0.6) is 11.5 Å². The van der Waals surface area contributed by atoms with Crippen molar-refractivity contribution in [3.63, 3.8) is 0 Å². The van der Waals surface area contributed by atoms with Crippen LogP contribution in [0, 0.1) is 0 Å². The minimum Gasteiger partial charge on any atom is -0.496 e. The van der Waals surface area contributed by atoms with Crippen LogP contribution in [0.15, 0.2) is 12.1 Å². The van der Waals surface area contributed by atoms with E-state index >= 15 is 0 Å². The zero-order valence-electron chi connectivity index (χ0n) is 11.3. The first-order valence-electron chi connectivity index (χ1n) is 6.15. The van der Waals surface area contributed by atoms with Crippen molar-refractivity contribution in [3.05, 3.63) is 23.3 Å². The Labute approximate surface area is 108 Å². The van der Waals surface area contributed by atoms with Gasteiger partial charge in [-0.2, -0.15) is 0 Å². The number of ether oxygens (including phenoxy) is 3. The van der Waals surface area contributed by atoms with E-state index in [-0.39, 0.29) is 5.41 Å². The number of rotatable bonds is 6. The van der Waals surface area contributed by atoms with Crippen molar-refractivity contribution in [1.29, 1.82) is 0 Å². The Morgan fingerprint density at radius 1 is 1.11 bits per heavy atom. The van der Waals surface area contributed by atoms with Gasteiger partial charge < -0.3 is 19.9 Å². The van der Waals surface area contributed by atoms with Crippen molar-refractivity contribution in [2.75, 3.05) is 27.9 Å². The summed E-state index contributed by atoms with van der Waals surface area (Å²) in [6.07, 6.45) is 2.19. The maximum atomic E-state index is 5.91. The molecule has 1 aliphatic rings. The lowest BCUT2D eigenvalue weighted by atomic mass is 9.92. The van der Waals surface area contributed by atoms with E-state index in [0.717, 1.165) is 35.5 Å². The summed E-state index contributed by atoms with van der Waals surface area (Å²) < 4.78 is 16.2. The molecule has 0 aromatic heterocycles. The molecular formula is C14H21NO3. The van der Waals surface area contributed by atoms with Crippen LogP contribution in [0.3, 0.4) is 0 Å². The van der Waals surface area contributed by atoms with Gasteiger partial charge in [-0.25, -0.2) is 0 Å². The topological polar surface area (TPSA) is 53.7 Å². The molecule has 2 rings (SSSR count). The van der Waals surface area contributed by atoms with E-state index in [4.69, 9.17) is 19.9 Å². The van der Waals surface area contributed by atoms with Gasteiger partial charge in [0.2, 0.25) is 0 Å². The summed E-state index contributed by atoms with van der Waals surface area (Å²) in [6.45, 7) is 1.17. The predicted octanol–water partition coefficient (Wildman–Crippen LogP) is 1.84. The predicted molar refractivity (Wildman–Crippen MR) is 70.2 cm³/mol. The zero-order valence-corrected chi connectivity index (χ0v) is 11.3. The number of nitrogens with two attached hydrogens (primary N) is 1. The van der Waals surface area contributed by atoms with Crippen LogP contribution in [0.4, 0.5) is 0 Å². The molecule has 18 heavy (non-hydrogen) atoms. The van der Waals surface area contributed by atoms with E-state index < -0.39 is 0 Å². The van der Waals surface area contributed by atoms with E-state index in [2.05, 4.69) is 0 Å². The van der Waals surface area contributed by atoms with Gasteiger partial charge in [0.1, 0.15) is 11.5 Å². The van der Waals surface area contributed by atoms with Gasteiger partial charge in [-0.1, -0.05) is 0 Å². The summed E-state index contributed by atoms with van der Waals surface area (Å²) in [5.74, 6) is 1.70. The van der Waals surface area contributed by atoms with E-state index in [0.29, 0.717) is 13.2 Å². The number of hydrogen-bond donors (Lipinski definition) is 1. The number of benzene rings is 1. The first-order chi connectivity index (χ1) is 8.70. The highest BCUT2D eigenvalue weighted by atomic mass is 16.5. The van der Waals surface area contributed by atoms with Crippen molar-refractivity contribution < 1.29 is 14.2 Å². The van der Waals surface area contributed by atoms with Gasteiger partial charge in [0.05, 0.1) is 20.8 Å². The molecular weight excluding hydrogens is 230 g/mol. The minimum atomic E-state index is 0.0439. The van der Waals surface area contributed by atoms with Gasteiger partial charge in [-0.3, -0.25) is 0 Å². The zero-order chi connectivity index (χ0) is 13.2. The lowest BCUT2D eigenvalue weighted by Crippen LogP contribution is -2.21. The normalized spacial score (nSPS) is 16.4.